The summed E-state index contributed by atoms with van der Waals surface area (Å²) >= 11 is 0. The van der Waals surface area contributed by atoms with Crippen LogP contribution in [0.5, 0.6) is 5.75 Å². The van der Waals surface area contributed by atoms with Crippen LogP contribution in [0.1, 0.15) is 39.9 Å². The highest BCUT2D eigenvalue weighted by Gasteiger charge is 2.23. The predicted octanol–water partition coefficient (Wildman–Crippen LogP) is 4.66. The summed E-state index contributed by atoms with van der Waals surface area (Å²) in [6.45, 7) is 3.57. The van der Waals surface area contributed by atoms with Crippen molar-refractivity contribution in [3.63, 3.8) is 0 Å². The molecular weight excluding hydrogens is 470 g/mol. The van der Waals surface area contributed by atoms with Gasteiger partial charge in [0.2, 0.25) is 0 Å². The molecule has 35 heavy (non-hydrogen) atoms. The molecule has 0 fully saturated rings. The van der Waals surface area contributed by atoms with Crippen molar-refractivity contribution in [3.8, 4) is 5.75 Å². The van der Waals surface area contributed by atoms with Crippen LogP contribution in [0.15, 0.2) is 71.8 Å². The molecule has 180 valence electrons. The highest BCUT2D eigenvalue weighted by atomic mass is 32.2. The number of methoxy groups -OCH3 is 1. The lowest BCUT2D eigenvalue weighted by Gasteiger charge is -2.17. The predicted molar refractivity (Wildman–Crippen MR) is 131 cm³/mol. The summed E-state index contributed by atoms with van der Waals surface area (Å²) in [5.41, 5.74) is 2.94. The lowest BCUT2D eigenvalue weighted by atomic mass is 9.91. The molecule has 4 aromatic rings. The SMILES string of the molecule is COc1cc(C(=O)NS(=O)(=O)c2ccccc2C)ccc1C(C)c1c[nH]c2ccc([N+](=O)[O-])cc12. The minimum absolute atomic E-state index is 0.0144. The number of nitrogens with zero attached hydrogens (tertiary/aromatic N) is 1. The number of nitro groups is 1. The smallest absolute Gasteiger partial charge is 0.270 e. The van der Waals surface area contributed by atoms with E-state index in [4.69, 9.17) is 4.74 Å². The number of aryl methyl sites for hydroxylation is 1. The fourth-order valence-corrected chi connectivity index (χ4v) is 5.30. The van der Waals surface area contributed by atoms with Crippen molar-refractivity contribution in [2.45, 2.75) is 24.7 Å². The Morgan fingerprint density at radius 1 is 1.09 bits per heavy atom. The summed E-state index contributed by atoms with van der Waals surface area (Å²) in [5.74, 6) is -0.639. The number of carbonyl (C=O) groups excluding carboxylic acids is 1. The minimum atomic E-state index is -4.05. The van der Waals surface area contributed by atoms with Gasteiger partial charge in [-0.3, -0.25) is 14.9 Å². The van der Waals surface area contributed by atoms with Gasteiger partial charge in [-0.1, -0.05) is 31.2 Å². The third-order valence-corrected chi connectivity index (χ3v) is 7.44. The summed E-state index contributed by atoms with van der Waals surface area (Å²) in [5, 5.41) is 11.9. The van der Waals surface area contributed by atoms with Crippen LogP contribution in [0, 0.1) is 17.0 Å². The van der Waals surface area contributed by atoms with E-state index in [1.54, 1.807) is 43.5 Å². The summed E-state index contributed by atoms with van der Waals surface area (Å²) in [6.07, 6.45) is 1.79. The molecule has 1 amide bonds. The number of sulfonamides is 1. The number of nitrogens with one attached hydrogen (secondary N) is 2. The first-order chi connectivity index (χ1) is 16.6. The summed E-state index contributed by atoms with van der Waals surface area (Å²) in [7, 11) is -2.60. The van der Waals surface area contributed by atoms with Crippen LogP contribution in [0.4, 0.5) is 5.69 Å². The topological polar surface area (TPSA) is 131 Å². The second-order valence-electron chi connectivity index (χ2n) is 8.11. The van der Waals surface area contributed by atoms with Gasteiger partial charge in [-0.2, -0.15) is 0 Å². The molecule has 0 aliphatic rings. The number of hydrogen-bond acceptors (Lipinski definition) is 6. The Labute approximate surface area is 201 Å². The lowest BCUT2D eigenvalue weighted by molar-refractivity contribution is -0.384. The fourth-order valence-electron chi connectivity index (χ4n) is 4.07. The Kier molecular flexibility index (Phi) is 6.31. The molecule has 0 saturated carbocycles. The van der Waals surface area contributed by atoms with Crippen molar-refractivity contribution in [1.82, 2.24) is 9.71 Å². The number of aromatic nitrogens is 1. The molecule has 0 radical (unpaired) electrons. The quantitative estimate of drug-likeness (QED) is 0.284. The van der Waals surface area contributed by atoms with Crippen LogP contribution in [-0.2, 0) is 10.0 Å². The maximum absolute atomic E-state index is 12.8. The molecule has 0 aliphatic carbocycles. The molecule has 10 heteroatoms. The number of H-pyrrole nitrogens is 1. The van der Waals surface area contributed by atoms with Crippen LogP contribution in [0.2, 0.25) is 0 Å². The number of carbonyl (C=O) groups is 1. The maximum Gasteiger partial charge on any atom is 0.270 e. The number of rotatable bonds is 7. The van der Waals surface area contributed by atoms with E-state index in [1.807, 2.05) is 6.92 Å². The van der Waals surface area contributed by atoms with Crippen molar-refractivity contribution in [1.29, 1.82) is 0 Å². The molecule has 0 aliphatic heterocycles. The molecule has 1 atom stereocenters. The molecule has 0 spiro atoms. The van der Waals surface area contributed by atoms with Gasteiger partial charge in [-0.15, -0.1) is 0 Å². The minimum Gasteiger partial charge on any atom is -0.496 e. The number of aromatic amines is 1. The van der Waals surface area contributed by atoms with Crippen molar-refractivity contribution in [3.05, 3.63) is 99.2 Å². The van der Waals surface area contributed by atoms with Gasteiger partial charge in [0.05, 0.1) is 16.9 Å². The van der Waals surface area contributed by atoms with E-state index in [0.717, 1.165) is 16.6 Å². The zero-order valence-corrected chi connectivity index (χ0v) is 20.0. The van der Waals surface area contributed by atoms with Gasteiger partial charge in [-0.05, 0) is 42.3 Å². The molecule has 1 aromatic heterocycles. The van der Waals surface area contributed by atoms with Crippen LogP contribution in [-0.4, -0.2) is 31.3 Å². The molecule has 9 nitrogen and oxygen atoms in total. The Morgan fingerprint density at radius 2 is 1.83 bits per heavy atom. The van der Waals surface area contributed by atoms with Crippen LogP contribution >= 0.6 is 0 Å². The zero-order chi connectivity index (χ0) is 25.3. The first kappa shape index (κ1) is 24.0. The Morgan fingerprint density at radius 3 is 2.51 bits per heavy atom. The van der Waals surface area contributed by atoms with Gasteiger partial charge in [0.15, 0.2) is 0 Å². The monoisotopic (exact) mass is 493 g/mol. The van der Waals surface area contributed by atoms with Gasteiger partial charge in [0, 0.05) is 46.3 Å². The number of benzene rings is 3. The Hall–Kier alpha value is -4.18. The number of ether oxygens (including phenoxy) is 1. The largest absolute Gasteiger partial charge is 0.496 e. The van der Waals surface area contributed by atoms with Gasteiger partial charge in [-0.25, -0.2) is 13.1 Å². The number of non-ortho nitro benzene ring substituents is 1. The number of amides is 1. The Balaban J connectivity index is 1.65. The van der Waals surface area contributed by atoms with Gasteiger partial charge in [0.1, 0.15) is 5.75 Å². The van der Waals surface area contributed by atoms with Crippen LogP contribution in [0.3, 0.4) is 0 Å². The first-order valence-corrected chi connectivity index (χ1v) is 12.2. The first-order valence-electron chi connectivity index (χ1n) is 10.7. The average molecular weight is 494 g/mol. The van der Waals surface area contributed by atoms with E-state index in [0.29, 0.717) is 16.7 Å². The molecule has 0 bridgehead atoms. The third-order valence-electron chi connectivity index (χ3n) is 5.95. The average Bonchev–Trinajstić information content (AvgIpc) is 3.26. The van der Waals surface area contributed by atoms with Crippen molar-refractivity contribution in [2.24, 2.45) is 0 Å². The van der Waals surface area contributed by atoms with Gasteiger partial charge >= 0.3 is 0 Å². The molecule has 2 N–H and O–H groups in total. The number of nitro benzene ring substituents is 1. The number of hydrogen-bond donors (Lipinski definition) is 2. The normalized spacial score (nSPS) is 12.3. The second kappa shape index (κ2) is 9.22. The van der Waals surface area contributed by atoms with Crippen LogP contribution in [0.25, 0.3) is 10.9 Å². The van der Waals surface area contributed by atoms with E-state index in [-0.39, 0.29) is 22.1 Å². The summed E-state index contributed by atoms with van der Waals surface area (Å²) < 4.78 is 33.0. The Bertz CT molecular complexity index is 1560. The molecule has 1 heterocycles. The second-order valence-corrected chi connectivity index (χ2v) is 9.76. The molecular formula is C25H23N3O6S. The van der Waals surface area contributed by atoms with Crippen molar-refractivity contribution in [2.75, 3.05) is 7.11 Å². The van der Waals surface area contributed by atoms with E-state index in [1.165, 1.54) is 37.4 Å². The summed E-state index contributed by atoms with van der Waals surface area (Å²) in [6, 6.07) is 15.7. The van der Waals surface area contributed by atoms with E-state index < -0.39 is 20.9 Å². The molecule has 0 saturated heterocycles. The van der Waals surface area contributed by atoms with Gasteiger partial charge in [0.25, 0.3) is 21.6 Å². The van der Waals surface area contributed by atoms with E-state index >= 15 is 0 Å². The van der Waals surface area contributed by atoms with Crippen LogP contribution < -0.4 is 9.46 Å². The molecule has 1 unspecified atom stereocenters. The summed E-state index contributed by atoms with van der Waals surface area (Å²) in [4.78, 5) is 26.7. The number of fused-ring (bicyclic) bond motifs is 1. The fraction of sp³-hybridized carbons (Fsp3) is 0.160. The third kappa shape index (κ3) is 4.60. The molecule has 3 aromatic carbocycles. The lowest BCUT2D eigenvalue weighted by Crippen LogP contribution is -2.31. The molecule has 4 rings (SSSR count). The maximum atomic E-state index is 12.8. The highest BCUT2D eigenvalue weighted by molar-refractivity contribution is 7.90. The zero-order valence-electron chi connectivity index (χ0n) is 19.2. The van der Waals surface area contributed by atoms with Gasteiger partial charge < -0.3 is 9.72 Å². The van der Waals surface area contributed by atoms with E-state index in [9.17, 15) is 23.3 Å². The van der Waals surface area contributed by atoms with Crippen molar-refractivity contribution >= 4 is 32.5 Å². The standard InChI is InChI=1S/C25H23N3O6S/c1-15-6-4-5-7-24(15)35(32,33)27-25(29)17-8-10-19(23(12-17)34-3)16(2)21-14-26-22-11-9-18(28(30)31)13-20(21)22/h4-14,16,26H,1-3H3,(H,27,29). The highest BCUT2D eigenvalue weighted by Crippen LogP contribution is 2.37. The van der Waals surface area contributed by atoms with E-state index in [2.05, 4.69) is 9.71 Å². The van der Waals surface area contributed by atoms with Crippen molar-refractivity contribution < 1.29 is 22.9 Å².